The fraction of sp³-hybridized carbons (Fsp3) is 0.167. The van der Waals surface area contributed by atoms with Gasteiger partial charge in [-0.1, -0.05) is 47.5 Å². The number of aryl methyl sites for hydroxylation is 4. The van der Waals surface area contributed by atoms with Crippen LogP contribution in [0.2, 0.25) is 0 Å². The van der Waals surface area contributed by atoms with E-state index in [1.165, 1.54) is 11.3 Å². The molecule has 0 aliphatic heterocycles. The summed E-state index contributed by atoms with van der Waals surface area (Å²) in [6, 6.07) is 17.3. The van der Waals surface area contributed by atoms with Crippen LogP contribution in [0.5, 0.6) is 0 Å². The van der Waals surface area contributed by atoms with E-state index in [0.29, 0.717) is 49.9 Å². The van der Waals surface area contributed by atoms with Crippen molar-refractivity contribution in [3.05, 3.63) is 99.2 Å². The zero-order valence-electron chi connectivity index (χ0n) is 21.6. The van der Waals surface area contributed by atoms with Gasteiger partial charge in [-0.25, -0.2) is 4.98 Å². The van der Waals surface area contributed by atoms with Crippen molar-refractivity contribution in [3.63, 3.8) is 0 Å². The van der Waals surface area contributed by atoms with Crippen LogP contribution in [0.25, 0.3) is 21.5 Å². The lowest BCUT2D eigenvalue weighted by Gasteiger charge is -2.14. The van der Waals surface area contributed by atoms with Gasteiger partial charge < -0.3 is 20.8 Å². The predicted molar refractivity (Wildman–Crippen MR) is 153 cm³/mol. The predicted octanol–water partition coefficient (Wildman–Crippen LogP) is 6.55. The number of rotatable bonds is 6. The number of thiophene rings is 1. The maximum atomic E-state index is 13.7. The van der Waals surface area contributed by atoms with E-state index in [1.807, 2.05) is 63.2 Å². The third-order valence-electron chi connectivity index (χ3n) is 6.46. The number of nitrogen functional groups attached to an aromatic ring is 1. The first-order chi connectivity index (χ1) is 18.2. The lowest BCUT2D eigenvalue weighted by molar-refractivity contribution is 0.0955. The molecule has 0 spiro atoms. The molecule has 5 rings (SSSR count). The Labute approximate surface area is 224 Å². The summed E-state index contributed by atoms with van der Waals surface area (Å²) in [4.78, 5) is 32.4. The first-order valence-corrected chi connectivity index (χ1v) is 13.0. The van der Waals surface area contributed by atoms with Crippen molar-refractivity contribution >= 4 is 44.7 Å². The second-order valence-corrected chi connectivity index (χ2v) is 10.4. The standard InChI is InChI=1S/C30H28N4O3S/c1-16-7-10-20(11-8-16)15-32-29(36)27-26(31)25-24(22-6-5-13-37-22)23(19(4)33-30(25)38-27)28(35)34-21-12-9-17(2)14-18(21)3/h5-14H,15,31H2,1-4H3,(H,32,36)(H,34,35). The van der Waals surface area contributed by atoms with Crippen molar-refractivity contribution in [2.45, 2.75) is 34.2 Å². The number of nitrogens with one attached hydrogen (secondary N) is 2. The maximum absolute atomic E-state index is 13.7. The Morgan fingerprint density at radius 2 is 1.71 bits per heavy atom. The Morgan fingerprint density at radius 3 is 2.39 bits per heavy atom. The molecular formula is C30H28N4O3S. The van der Waals surface area contributed by atoms with Crippen LogP contribution < -0.4 is 16.4 Å². The van der Waals surface area contributed by atoms with Gasteiger partial charge in [-0.3, -0.25) is 9.59 Å². The minimum atomic E-state index is -0.328. The number of nitrogens with zero attached hydrogens (tertiary/aromatic N) is 1. The van der Waals surface area contributed by atoms with Gasteiger partial charge in [-0.15, -0.1) is 11.3 Å². The number of nitrogens with two attached hydrogens (primary N) is 1. The molecule has 0 aliphatic rings. The molecule has 3 aromatic heterocycles. The van der Waals surface area contributed by atoms with Crippen molar-refractivity contribution in [1.82, 2.24) is 10.3 Å². The maximum Gasteiger partial charge on any atom is 0.263 e. The summed E-state index contributed by atoms with van der Waals surface area (Å²) in [7, 11) is 0. The van der Waals surface area contributed by atoms with Crippen LogP contribution in [-0.4, -0.2) is 16.8 Å². The minimum Gasteiger partial charge on any atom is -0.464 e. The summed E-state index contributed by atoms with van der Waals surface area (Å²) in [5, 5.41) is 6.49. The quantitative estimate of drug-likeness (QED) is 0.233. The van der Waals surface area contributed by atoms with Gasteiger partial charge in [-0.2, -0.15) is 0 Å². The highest BCUT2D eigenvalue weighted by molar-refractivity contribution is 7.21. The number of amides is 2. The number of hydrogen-bond donors (Lipinski definition) is 3. The molecule has 5 aromatic rings. The number of furan rings is 1. The lowest BCUT2D eigenvalue weighted by Crippen LogP contribution is -2.22. The zero-order chi connectivity index (χ0) is 27.0. The number of fused-ring (bicyclic) bond motifs is 1. The molecule has 7 nitrogen and oxygen atoms in total. The molecule has 0 bridgehead atoms. The van der Waals surface area contributed by atoms with Gasteiger partial charge in [0.2, 0.25) is 0 Å². The number of benzene rings is 2. The van der Waals surface area contributed by atoms with Crippen molar-refractivity contribution < 1.29 is 14.0 Å². The molecular weight excluding hydrogens is 496 g/mol. The van der Waals surface area contributed by atoms with Crippen LogP contribution in [0.15, 0.2) is 65.3 Å². The molecule has 0 atom stereocenters. The van der Waals surface area contributed by atoms with Gasteiger partial charge in [0, 0.05) is 23.2 Å². The van der Waals surface area contributed by atoms with E-state index in [9.17, 15) is 9.59 Å². The Hall–Kier alpha value is -4.43. The van der Waals surface area contributed by atoms with E-state index in [0.717, 1.165) is 22.3 Å². The SMILES string of the molecule is Cc1ccc(CNC(=O)c2sc3nc(C)c(C(=O)Nc4ccc(C)cc4C)c(-c4ccco4)c3c2N)cc1. The van der Waals surface area contributed by atoms with Crippen LogP contribution in [0.1, 0.15) is 48.0 Å². The van der Waals surface area contributed by atoms with Crippen LogP contribution in [-0.2, 0) is 6.54 Å². The van der Waals surface area contributed by atoms with E-state index < -0.39 is 0 Å². The Balaban J connectivity index is 1.57. The molecule has 8 heteroatoms. The summed E-state index contributed by atoms with van der Waals surface area (Å²) >= 11 is 1.20. The molecule has 0 fully saturated rings. The van der Waals surface area contributed by atoms with Crippen LogP contribution in [0, 0.1) is 27.7 Å². The number of carbonyl (C=O) groups excluding carboxylic acids is 2. The number of aromatic nitrogens is 1. The van der Waals surface area contributed by atoms with Crippen LogP contribution in [0.3, 0.4) is 0 Å². The average Bonchev–Trinajstić information content (AvgIpc) is 3.53. The average molecular weight is 525 g/mol. The highest BCUT2D eigenvalue weighted by Crippen LogP contribution is 2.42. The Kier molecular flexibility index (Phi) is 6.73. The number of pyridine rings is 1. The molecule has 0 radical (unpaired) electrons. The van der Waals surface area contributed by atoms with Gasteiger partial charge in [0.25, 0.3) is 11.8 Å². The van der Waals surface area contributed by atoms with E-state index in [4.69, 9.17) is 15.1 Å². The van der Waals surface area contributed by atoms with Crippen molar-refractivity contribution in [2.24, 2.45) is 0 Å². The molecule has 2 aromatic carbocycles. The van der Waals surface area contributed by atoms with Gasteiger partial charge >= 0.3 is 0 Å². The molecule has 4 N–H and O–H groups in total. The highest BCUT2D eigenvalue weighted by Gasteiger charge is 2.28. The minimum absolute atomic E-state index is 0.269. The lowest BCUT2D eigenvalue weighted by atomic mass is 9.99. The van der Waals surface area contributed by atoms with Gasteiger partial charge in [-0.05, 0) is 57.0 Å². The van der Waals surface area contributed by atoms with E-state index in [2.05, 4.69) is 10.6 Å². The van der Waals surface area contributed by atoms with Crippen molar-refractivity contribution in [2.75, 3.05) is 11.1 Å². The highest BCUT2D eigenvalue weighted by atomic mass is 32.1. The molecule has 0 unspecified atom stereocenters. The van der Waals surface area contributed by atoms with E-state index in [1.54, 1.807) is 25.3 Å². The topological polar surface area (TPSA) is 110 Å². The third-order valence-corrected chi connectivity index (χ3v) is 7.56. The fourth-order valence-electron chi connectivity index (χ4n) is 4.49. The number of anilines is 2. The molecule has 2 amide bonds. The normalized spacial score (nSPS) is 11.1. The van der Waals surface area contributed by atoms with Crippen molar-refractivity contribution in [3.8, 4) is 11.3 Å². The summed E-state index contributed by atoms with van der Waals surface area (Å²) in [5.41, 5.74) is 13.1. The van der Waals surface area contributed by atoms with Gasteiger partial charge in [0.05, 0.1) is 23.2 Å². The summed E-state index contributed by atoms with van der Waals surface area (Å²) < 4.78 is 5.74. The zero-order valence-corrected chi connectivity index (χ0v) is 22.5. The van der Waals surface area contributed by atoms with Crippen LogP contribution in [0.4, 0.5) is 11.4 Å². The smallest absolute Gasteiger partial charge is 0.263 e. The van der Waals surface area contributed by atoms with E-state index >= 15 is 0 Å². The first-order valence-electron chi connectivity index (χ1n) is 12.2. The summed E-state index contributed by atoms with van der Waals surface area (Å²) in [5.74, 6) is -0.149. The first kappa shape index (κ1) is 25.2. The van der Waals surface area contributed by atoms with Crippen LogP contribution >= 0.6 is 11.3 Å². The second kappa shape index (κ2) is 10.1. The Morgan fingerprint density at radius 1 is 0.974 bits per heavy atom. The summed E-state index contributed by atoms with van der Waals surface area (Å²) in [6.07, 6.45) is 1.54. The van der Waals surface area contributed by atoms with Gasteiger partial charge in [0.15, 0.2) is 0 Å². The summed E-state index contributed by atoms with van der Waals surface area (Å²) in [6.45, 7) is 8.11. The van der Waals surface area contributed by atoms with E-state index in [-0.39, 0.29) is 17.5 Å². The molecule has 0 aliphatic carbocycles. The molecule has 0 saturated carbocycles. The Bertz CT molecular complexity index is 1670. The van der Waals surface area contributed by atoms with Crippen molar-refractivity contribution in [1.29, 1.82) is 0 Å². The molecule has 3 heterocycles. The molecule has 192 valence electrons. The second-order valence-electron chi connectivity index (χ2n) is 9.39. The molecule has 38 heavy (non-hydrogen) atoms. The molecule has 0 saturated heterocycles. The number of carbonyl (C=O) groups is 2. The van der Waals surface area contributed by atoms with Gasteiger partial charge in [0.1, 0.15) is 15.5 Å². The third kappa shape index (κ3) is 4.78. The largest absolute Gasteiger partial charge is 0.464 e. The monoisotopic (exact) mass is 524 g/mol. The fourth-order valence-corrected chi connectivity index (χ4v) is 5.55. The number of hydrogen-bond acceptors (Lipinski definition) is 6.